The SMILES string of the molecule is CC(C)NCC(C)NCc1cc(F)ccc1F. The first kappa shape index (κ1) is 14.1. The zero-order valence-electron chi connectivity index (χ0n) is 10.6. The van der Waals surface area contributed by atoms with Gasteiger partial charge < -0.3 is 10.6 Å². The number of rotatable bonds is 6. The van der Waals surface area contributed by atoms with Gasteiger partial charge in [-0.25, -0.2) is 8.78 Å². The van der Waals surface area contributed by atoms with E-state index in [2.05, 4.69) is 24.5 Å². The quantitative estimate of drug-likeness (QED) is 0.800. The van der Waals surface area contributed by atoms with Gasteiger partial charge >= 0.3 is 0 Å². The molecule has 0 aliphatic rings. The highest BCUT2D eigenvalue weighted by atomic mass is 19.1. The summed E-state index contributed by atoms with van der Waals surface area (Å²) in [5.41, 5.74) is 0.362. The van der Waals surface area contributed by atoms with E-state index in [9.17, 15) is 8.78 Å². The summed E-state index contributed by atoms with van der Waals surface area (Å²) in [6.07, 6.45) is 0. The van der Waals surface area contributed by atoms with E-state index < -0.39 is 5.82 Å². The number of nitrogens with one attached hydrogen (secondary N) is 2. The van der Waals surface area contributed by atoms with Gasteiger partial charge in [0.25, 0.3) is 0 Å². The maximum atomic E-state index is 13.3. The molecule has 0 aromatic heterocycles. The average molecular weight is 242 g/mol. The van der Waals surface area contributed by atoms with Crippen molar-refractivity contribution in [2.24, 2.45) is 0 Å². The van der Waals surface area contributed by atoms with Gasteiger partial charge in [0.2, 0.25) is 0 Å². The second-order valence-electron chi connectivity index (χ2n) is 4.58. The van der Waals surface area contributed by atoms with Gasteiger partial charge in [0.05, 0.1) is 0 Å². The van der Waals surface area contributed by atoms with Gasteiger partial charge in [0.1, 0.15) is 11.6 Å². The molecule has 0 fully saturated rings. The van der Waals surface area contributed by atoms with Crippen LogP contribution < -0.4 is 10.6 Å². The molecule has 2 N–H and O–H groups in total. The molecule has 1 aromatic rings. The van der Waals surface area contributed by atoms with E-state index in [-0.39, 0.29) is 11.9 Å². The molecule has 1 atom stereocenters. The molecular formula is C13H20F2N2. The van der Waals surface area contributed by atoms with E-state index in [4.69, 9.17) is 0 Å². The van der Waals surface area contributed by atoms with Crippen molar-refractivity contribution >= 4 is 0 Å². The predicted molar refractivity (Wildman–Crippen MR) is 65.8 cm³/mol. The summed E-state index contributed by atoms with van der Waals surface area (Å²) in [4.78, 5) is 0. The lowest BCUT2D eigenvalue weighted by molar-refractivity contribution is 0.466. The zero-order valence-corrected chi connectivity index (χ0v) is 10.6. The molecule has 0 heterocycles. The van der Waals surface area contributed by atoms with Crippen molar-refractivity contribution in [1.29, 1.82) is 0 Å². The summed E-state index contributed by atoms with van der Waals surface area (Å²) >= 11 is 0. The smallest absolute Gasteiger partial charge is 0.127 e. The van der Waals surface area contributed by atoms with Crippen LogP contribution in [0.25, 0.3) is 0 Å². The number of halogens is 2. The van der Waals surface area contributed by atoms with Crippen molar-refractivity contribution in [3.8, 4) is 0 Å². The van der Waals surface area contributed by atoms with E-state index in [1.54, 1.807) is 0 Å². The standard InChI is InChI=1S/C13H20F2N2/c1-9(2)16-7-10(3)17-8-11-6-12(14)4-5-13(11)15/h4-6,9-10,16-17H,7-8H2,1-3H3. The highest BCUT2D eigenvalue weighted by Gasteiger charge is 2.06. The van der Waals surface area contributed by atoms with E-state index >= 15 is 0 Å². The first-order valence-corrected chi connectivity index (χ1v) is 5.89. The Balaban J connectivity index is 2.41. The Morgan fingerprint density at radius 3 is 2.47 bits per heavy atom. The monoisotopic (exact) mass is 242 g/mol. The Bertz CT molecular complexity index is 353. The first-order chi connectivity index (χ1) is 7.99. The Morgan fingerprint density at radius 2 is 1.82 bits per heavy atom. The topological polar surface area (TPSA) is 24.1 Å². The highest BCUT2D eigenvalue weighted by Crippen LogP contribution is 2.09. The van der Waals surface area contributed by atoms with Gasteiger partial charge in [-0.05, 0) is 25.1 Å². The van der Waals surface area contributed by atoms with Crippen LogP contribution in [0.3, 0.4) is 0 Å². The summed E-state index contributed by atoms with van der Waals surface area (Å²) in [5.74, 6) is -0.779. The van der Waals surface area contributed by atoms with Crippen molar-refractivity contribution in [2.75, 3.05) is 6.54 Å². The molecule has 0 bridgehead atoms. The van der Waals surface area contributed by atoms with Gasteiger partial charge in [-0.2, -0.15) is 0 Å². The molecule has 17 heavy (non-hydrogen) atoms. The van der Waals surface area contributed by atoms with Crippen LogP contribution in [0.5, 0.6) is 0 Å². The normalized spacial score (nSPS) is 13.1. The molecule has 0 amide bonds. The van der Waals surface area contributed by atoms with E-state index in [0.717, 1.165) is 18.7 Å². The minimum Gasteiger partial charge on any atom is -0.313 e. The van der Waals surface area contributed by atoms with Crippen LogP contribution in [0.4, 0.5) is 8.78 Å². The molecule has 0 saturated carbocycles. The summed E-state index contributed by atoms with van der Waals surface area (Å²) < 4.78 is 26.2. The van der Waals surface area contributed by atoms with Crippen molar-refractivity contribution in [3.63, 3.8) is 0 Å². The second kappa shape index (κ2) is 6.67. The number of hydrogen-bond acceptors (Lipinski definition) is 2. The molecule has 1 rings (SSSR count). The molecule has 0 aliphatic carbocycles. The van der Waals surface area contributed by atoms with Gasteiger partial charge in [-0.1, -0.05) is 13.8 Å². The van der Waals surface area contributed by atoms with Gasteiger partial charge in [-0.15, -0.1) is 0 Å². The average Bonchev–Trinajstić information content (AvgIpc) is 2.27. The highest BCUT2D eigenvalue weighted by molar-refractivity contribution is 5.18. The van der Waals surface area contributed by atoms with Crippen LogP contribution in [0.2, 0.25) is 0 Å². The van der Waals surface area contributed by atoms with Crippen LogP contribution in [0, 0.1) is 11.6 Å². The largest absolute Gasteiger partial charge is 0.313 e. The molecule has 0 radical (unpaired) electrons. The van der Waals surface area contributed by atoms with Crippen LogP contribution in [0.1, 0.15) is 26.3 Å². The maximum Gasteiger partial charge on any atom is 0.127 e. The molecule has 0 spiro atoms. The fourth-order valence-electron chi connectivity index (χ4n) is 1.45. The minimum absolute atomic E-state index is 0.208. The fourth-order valence-corrected chi connectivity index (χ4v) is 1.45. The van der Waals surface area contributed by atoms with Crippen molar-refractivity contribution in [3.05, 3.63) is 35.4 Å². The molecule has 0 saturated heterocycles. The molecule has 0 aliphatic heterocycles. The molecular weight excluding hydrogens is 222 g/mol. The number of hydrogen-bond donors (Lipinski definition) is 2. The third kappa shape index (κ3) is 5.24. The summed E-state index contributed by atoms with van der Waals surface area (Å²) in [6.45, 7) is 7.28. The number of benzene rings is 1. The van der Waals surface area contributed by atoms with Gasteiger partial charge in [-0.3, -0.25) is 0 Å². The molecule has 4 heteroatoms. The minimum atomic E-state index is -0.406. The predicted octanol–water partition coefficient (Wildman–Crippen LogP) is 2.44. The van der Waals surface area contributed by atoms with Crippen molar-refractivity contribution in [2.45, 2.75) is 39.4 Å². The summed E-state index contributed by atoms with van der Waals surface area (Å²) in [6, 6.07) is 4.14. The maximum absolute atomic E-state index is 13.3. The third-order valence-corrected chi connectivity index (χ3v) is 2.48. The van der Waals surface area contributed by atoms with Crippen LogP contribution in [-0.4, -0.2) is 18.6 Å². The lowest BCUT2D eigenvalue weighted by Gasteiger charge is -2.16. The fraction of sp³-hybridized carbons (Fsp3) is 0.538. The van der Waals surface area contributed by atoms with E-state index in [0.29, 0.717) is 18.2 Å². The summed E-state index contributed by atoms with van der Waals surface area (Å²) in [5, 5.41) is 6.43. The Morgan fingerprint density at radius 1 is 1.12 bits per heavy atom. The lowest BCUT2D eigenvalue weighted by atomic mass is 10.2. The van der Waals surface area contributed by atoms with Crippen molar-refractivity contribution in [1.82, 2.24) is 10.6 Å². The lowest BCUT2D eigenvalue weighted by Crippen LogP contribution is -2.38. The molecule has 1 aromatic carbocycles. The third-order valence-electron chi connectivity index (χ3n) is 2.48. The van der Waals surface area contributed by atoms with Crippen molar-refractivity contribution < 1.29 is 8.78 Å². The van der Waals surface area contributed by atoms with Crippen LogP contribution >= 0.6 is 0 Å². The van der Waals surface area contributed by atoms with E-state index in [1.165, 1.54) is 6.07 Å². The Hall–Kier alpha value is -1.00. The van der Waals surface area contributed by atoms with E-state index in [1.807, 2.05) is 6.92 Å². The van der Waals surface area contributed by atoms with Crippen LogP contribution in [-0.2, 0) is 6.54 Å². The summed E-state index contributed by atoms with van der Waals surface area (Å²) in [7, 11) is 0. The Labute approximate surface area is 101 Å². The van der Waals surface area contributed by atoms with Gasteiger partial charge in [0.15, 0.2) is 0 Å². The molecule has 1 unspecified atom stereocenters. The molecule has 96 valence electrons. The van der Waals surface area contributed by atoms with Crippen LogP contribution in [0.15, 0.2) is 18.2 Å². The van der Waals surface area contributed by atoms with Gasteiger partial charge in [0, 0.05) is 30.7 Å². The molecule has 2 nitrogen and oxygen atoms in total. The zero-order chi connectivity index (χ0) is 12.8. The Kier molecular flexibility index (Phi) is 5.51. The first-order valence-electron chi connectivity index (χ1n) is 5.89. The second-order valence-corrected chi connectivity index (χ2v) is 4.58.